The Morgan fingerprint density at radius 1 is 1.37 bits per heavy atom. The summed E-state index contributed by atoms with van der Waals surface area (Å²) in [6.07, 6.45) is 6.85. The van der Waals surface area contributed by atoms with Crippen LogP contribution in [0.15, 0.2) is 24.3 Å². The average molecular weight is 258 g/mol. The van der Waals surface area contributed by atoms with Crippen LogP contribution >= 0.6 is 0 Å². The number of anilines is 1. The molecule has 0 aromatic heterocycles. The molecular formula is C16H22N2O. The van der Waals surface area contributed by atoms with E-state index in [0.717, 1.165) is 12.1 Å². The molecule has 0 fully saturated rings. The highest BCUT2D eigenvalue weighted by Gasteiger charge is 2.16. The van der Waals surface area contributed by atoms with Gasteiger partial charge in [0.1, 0.15) is 0 Å². The van der Waals surface area contributed by atoms with Gasteiger partial charge < -0.3 is 10.6 Å². The number of terminal acetylenes is 1. The number of benzene rings is 1. The zero-order valence-corrected chi connectivity index (χ0v) is 11.9. The van der Waals surface area contributed by atoms with Gasteiger partial charge >= 0.3 is 0 Å². The number of carbonyl (C=O) groups is 1. The van der Waals surface area contributed by atoms with Crippen molar-refractivity contribution in [1.29, 1.82) is 0 Å². The van der Waals surface area contributed by atoms with Crippen LogP contribution in [0, 0.1) is 19.3 Å². The quantitative estimate of drug-likeness (QED) is 0.770. The molecule has 1 aromatic carbocycles. The maximum absolute atomic E-state index is 12.0. The molecule has 2 unspecified atom stereocenters. The summed E-state index contributed by atoms with van der Waals surface area (Å²) in [5.41, 5.74) is 1.98. The molecule has 0 heterocycles. The highest BCUT2D eigenvalue weighted by Crippen LogP contribution is 2.09. The number of hydrogen-bond donors (Lipinski definition) is 2. The summed E-state index contributed by atoms with van der Waals surface area (Å²) < 4.78 is 0. The monoisotopic (exact) mass is 258 g/mol. The lowest BCUT2D eigenvalue weighted by molar-refractivity contribution is -0.118. The van der Waals surface area contributed by atoms with E-state index in [2.05, 4.69) is 23.5 Å². The minimum absolute atomic E-state index is 0.0423. The molecule has 102 valence electrons. The minimum atomic E-state index is -0.264. The second-order valence-corrected chi connectivity index (χ2v) is 4.76. The average Bonchev–Trinajstić information content (AvgIpc) is 2.40. The van der Waals surface area contributed by atoms with E-state index in [-0.39, 0.29) is 18.0 Å². The van der Waals surface area contributed by atoms with Crippen LogP contribution in [-0.4, -0.2) is 18.0 Å². The smallest absolute Gasteiger partial charge is 0.241 e. The van der Waals surface area contributed by atoms with Crippen molar-refractivity contribution in [1.82, 2.24) is 5.32 Å². The molecule has 0 spiro atoms. The maximum atomic E-state index is 12.0. The molecular weight excluding hydrogens is 236 g/mol. The van der Waals surface area contributed by atoms with E-state index >= 15 is 0 Å². The fourth-order valence-electron chi connectivity index (χ4n) is 1.78. The molecule has 0 aliphatic heterocycles. The molecule has 1 aromatic rings. The Morgan fingerprint density at radius 2 is 2.00 bits per heavy atom. The molecule has 0 radical (unpaired) electrons. The number of nitrogens with one attached hydrogen (secondary N) is 2. The summed E-state index contributed by atoms with van der Waals surface area (Å²) in [5.74, 6) is 2.58. The highest BCUT2D eigenvalue weighted by atomic mass is 16.2. The first-order valence-corrected chi connectivity index (χ1v) is 6.63. The van der Waals surface area contributed by atoms with Crippen LogP contribution in [0.2, 0.25) is 0 Å². The normalized spacial score (nSPS) is 13.4. The number of rotatable bonds is 6. The van der Waals surface area contributed by atoms with Crippen LogP contribution in [-0.2, 0) is 4.79 Å². The van der Waals surface area contributed by atoms with Crippen molar-refractivity contribution in [2.45, 2.75) is 45.7 Å². The first-order valence-electron chi connectivity index (χ1n) is 6.63. The Balaban J connectivity index is 2.53. The molecule has 0 saturated heterocycles. The Labute approximate surface area is 115 Å². The number of carbonyl (C=O) groups excluding carboxylic acids is 1. The molecule has 1 amide bonds. The van der Waals surface area contributed by atoms with E-state index in [9.17, 15) is 4.79 Å². The lowest BCUT2D eigenvalue weighted by Crippen LogP contribution is -2.43. The summed E-state index contributed by atoms with van der Waals surface area (Å²) in [7, 11) is 0. The van der Waals surface area contributed by atoms with Gasteiger partial charge in [-0.25, -0.2) is 0 Å². The van der Waals surface area contributed by atoms with Crippen LogP contribution in [0.5, 0.6) is 0 Å². The summed E-state index contributed by atoms with van der Waals surface area (Å²) >= 11 is 0. The molecule has 0 aliphatic carbocycles. The standard InChI is InChI=1S/C16H22N2O/c1-5-7-14(6-2)17-13(4)16(19)18-15-10-8-12(3)9-11-15/h1,8-11,13-14,17H,6-7H2,2-4H3,(H,18,19). The van der Waals surface area contributed by atoms with Crippen molar-refractivity contribution < 1.29 is 4.79 Å². The van der Waals surface area contributed by atoms with Crippen LogP contribution in [0.4, 0.5) is 5.69 Å². The fourth-order valence-corrected chi connectivity index (χ4v) is 1.78. The van der Waals surface area contributed by atoms with E-state index in [1.54, 1.807) is 0 Å². The Bertz CT molecular complexity index is 445. The second kappa shape index (κ2) is 7.60. The zero-order chi connectivity index (χ0) is 14.3. The Morgan fingerprint density at radius 3 is 2.53 bits per heavy atom. The first-order chi connectivity index (χ1) is 9.06. The Hall–Kier alpha value is -1.79. The molecule has 2 atom stereocenters. The summed E-state index contributed by atoms with van der Waals surface area (Å²) in [4.78, 5) is 12.0. The first kappa shape index (κ1) is 15.3. The van der Waals surface area contributed by atoms with Crippen molar-refractivity contribution in [3.8, 4) is 12.3 Å². The molecule has 0 saturated carbocycles. The molecule has 3 heteroatoms. The second-order valence-electron chi connectivity index (χ2n) is 4.76. The summed E-state index contributed by atoms with van der Waals surface area (Å²) in [6.45, 7) is 5.92. The Kier molecular flexibility index (Phi) is 6.11. The van der Waals surface area contributed by atoms with E-state index in [0.29, 0.717) is 6.42 Å². The minimum Gasteiger partial charge on any atom is -0.325 e. The molecule has 19 heavy (non-hydrogen) atoms. The number of hydrogen-bond acceptors (Lipinski definition) is 2. The van der Waals surface area contributed by atoms with Crippen LogP contribution < -0.4 is 10.6 Å². The highest BCUT2D eigenvalue weighted by molar-refractivity contribution is 5.94. The lowest BCUT2D eigenvalue weighted by atomic mass is 10.1. The largest absolute Gasteiger partial charge is 0.325 e. The van der Waals surface area contributed by atoms with E-state index in [1.165, 1.54) is 5.56 Å². The lowest BCUT2D eigenvalue weighted by Gasteiger charge is -2.20. The van der Waals surface area contributed by atoms with Gasteiger partial charge in [0, 0.05) is 18.2 Å². The third-order valence-electron chi connectivity index (χ3n) is 3.06. The van der Waals surface area contributed by atoms with Gasteiger partial charge in [0.25, 0.3) is 0 Å². The number of amides is 1. The summed E-state index contributed by atoms with van der Waals surface area (Å²) in [6, 6.07) is 7.67. The van der Waals surface area contributed by atoms with Gasteiger partial charge in [-0.15, -0.1) is 12.3 Å². The molecule has 0 bridgehead atoms. The van der Waals surface area contributed by atoms with Crippen molar-refractivity contribution in [2.75, 3.05) is 5.32 Å². The zero-order valence-electron chi connectivity index (χ0n) is 11.9. The van der Waals surface area contributed by atoms with E-state index in [4.69, 9.17) is 6.42 Å². The van der Waals surface area contributed by atoms with Gasteiger partial charge in [-0.05, 0) is 32.4 Å². The van der Waals surface area contributed by atoms with Gasteiger partial charge in [-0.2, -0.15) is 0 Å². The predicted octanol–water partition coefficient (Wildman–Crippen LogP) is 2.71. The van der Waals surface area contributed by atoms with Crippen LogP contribution in [0.25, 0.3) is 0 Å². The van der Waals surface area contributed by atoms with E-state index < -0.39 is 0 Å². The molecule has 1 rings (SSSR count). The van der Waals surface area contributed by atoms with Crippen LogP contribution in [0.3, 0.4) is 0 Å². The van der Waals surface area contributed by atoms with Crippen molar-refractivity contribution in [2.24, 2.45) is 0 Å². The third-order valence-corrected chi connectivity index (χ3v) is 3.06. The molecule has 0 aliphatic rings. The van der Waals surface area contributed by atoms with Crippen molar-refractivity contribution in [3.63, 3.8) is 0 Å². The fraction of sp³-hybridized carbons (Fsp3) is 0.438. The van der Waals surface area contributed by atoms with Crippen LogP contribution in [0.1, 0.15) is 32.3 Å². The molecule has 2 N–H and O–H groups in total. The van der Waals surface area contributed by atoms with Gasteiger partial charge in [0.15, 0.2) is 0 Å². The molecule has 3 nitrogen and oxygen atoms in total. The van der Waals surface area contributed by atoms with Gasteiger partial charge in [0.2, 0.25) is 5.91 Å². The van der Waals surface area contributed by atoms with Gasteiger partial charge in [-0.1, -0.05) is 24.6 Å². The topological polar surface area (TPSA) is 41.1 Å². The van der Waals surface area contributed by atoms with Crippen molar-refractivity contribution in [3.05, 3.63) is 29.8 Å². The SMILES string of the molecule is C#CCC(CC)NC(C)C(=O)Nc1ccc(C)cc1. The maximum Gasteiger partial charge on any atom is 0.241 e. The predicted molar refractivity (Wildman–Crippen MR) is 79.9 cm³/mol. The van der Waals surface area contributed by atoms with Gasteiger partial charge in [-0.3, -0.25) is 4.79 Å². The third kappa shape index (κ3) is 5.15. The van der Waals surface area contributed by atoms with Gasteiger partial charge in [0.05, 0.1) is 6.04 Å². The number of aryl methyl sites for hydroxylation is 1. The summed E-state index contributed by atoms with van der Waals surface area (Å²) in [5, 5.41) is 6.13. The van der Waals surface area contributed by atoms with Crippen molar-refractivity contribution >= 4 is 11.6 Å². The van der Waals surface area contributed by atoms with E-state index in [1.807, 2.05) is 38.1 Å².